The molecule has 0 fully saturated rings. The van der Waals surface area contributed by atoms with E-state index in [0.717, 1.165) is 37.3 Å². The minimum absolute atomic E-state index is 0.156. The van der Waals surface area contributed by atoms with Crippen molar-refractivity contribution in [2.24, 2.45) is 0 Å². The van der Waals surface area contributed by atoms with E-state index < -0.39 is 0 Å². The molecule has 1 N–H and O–H groups in total. The number of halogens is 3. The summed E-state index contributed by atoms with van der Waals surface area (Å²) in [7, 11) is 3.64. The van der Waals surface area contributed by atoms with Gasteiger partial charge in [-0.1, -0.05) is 43.5 Å². The third kappa shape index (κ3) is 4.46. The molecular formula is C16H16Br2ClNO. The number of rotatable bonds is 5. The van der Waals surface area contributed by atoms with Gasteiger partial charge >= 0.3 is 0 Å². The lowest BCUT2D eigenvalue weighted by Crippen LogP contribution is -2.19. The molecule has 0 saturated heterocycles. The molecule has 112 valence electrons. The zero-order chi connectivity index (χ0) is 15.4. The van der Waals surface area contributed by atoms with Gasteiger partial charge in [-0.25, -0.2) is 0 Å². The van der Waals surface area contributed by atoms with Gasteiger partial charge in [0.1, 0.15) is 5.75 Å². The van der Waals surface area contributed by atoms with Crippen molar-refractivity contribution < 1.29 is 4.74 Å². The van der Waals surface area contributed by atoms with Crippen molar-refractivity contribution in [1.82, 2.24) is 5.32 Å². The molecule has 0 radical (unpaired) electrons. The number of methoxy groups -OCH3 is 1. The molecule has 2 aromatic rings. The monoisotopic (exact) mass is 431 g/mol. The van der Waals surface area contributed by atoms with Crippen molar-refractivity contribution in [3.05, 3.63) is 61.5 Å². The third-order valence-electron chi connectivity index (χ3n) is 3.30. The highest BCUT2D eigenvalue weighted by Gasteiger charge is 2.14. The molecule has 5 heteroatoms. The number of ether oxygens (including phenoxy) is 1. The number of hydrogen-bond acceptors (Lipinski definition) is 2. The topological polar surface area (TPSA) is 21.3 Å². The SMILES string of the molecule is CNC(Cc1cc(Br)ccc1OC)c1cc(Cl)cc(Br)c1. The van der Waals surface area contributed by atoms with Crippen LogP contribution in [0.4, 0.5) is 0 Å². The van der Waals surface area contributed by atoms with Gasteiger partial charge in [-0.15, -0.1) is 0 Å². The lowest BCUT2D eigenvalue weighted by molar-refractivity contribution is 0.406. The van der Waals surface area contributed by atoms with E-state index in [4.69, 9.17) is 16.3 Å². The molecule has 2 aromatic carbocycles. The maximum Gasteiger partial charge on any atom is 0.122 e. The van der Waals surface area contributed by atoms with Gasteiger partial charge in [-0.2, -0.15) is 0 Å². The van der Waals surface area contributed by atoms with Crippen LogP contribution in [0, 0.1) is 0 Å². The zero-order valence-corrected chi connectivity index (χ0v) is 15.7. The van der Waals surface area contributed by atoms with E-state index in [1.807, 2.05) is 31.3 Å². The number of benzene rings is 2. The summed E-state index contributed by atoms with van der Waals surface area (Å²) in [5.41, 5.74) is 2.28. The quantitative estimate of drug-likeness (QED) is 0.684. The van der Waals surface area contributed by atoms with E-state index in [2.05, 4.69) is 49.3 Å². The lowest BCUT2D eigenvalue weighted by atomic mass is 9.98. The average molecular weight is 434 g/mol. The summed E-state index contributed by atoms with van der Waals surface area (Å²) in [6.07, 6.45) is 0.811. The van der Waals surface area contributed by atoms with E-state index in [-0.39, 0.29) is 6.04 Å². The molecule has 0 aliphatic carbocycles. The van der Waals surface area contributed by atoms with Gasteiger partial charge in [0.2, 0.25) is 0 Å². The highest BCUT2D eigenvalue weighted by atomic mass is 79.9. The first-order chi connectivity index (χ1) is 10.0. The van der Waals surface area contributed by atoms with Crippen LogP contribution in [0.2, 0.25) is 5.02 Å². The second-order valence-electron chi connectivity index (χ2n) is 4.70. The van der Waals surface area contributed by atoms with E-state index in [1.54, 1.807) is 7.11 Å². The van der Waals surface area contributed by atoms with E-state index in [9.17, 15) is 0 Å². The predicted molar refractivity (Wildman–Crippen MR) is 95.4 cm³/mol. The molecule has 2 rings (SSSR count). The molecule has 21 heavy (non-hydrogen) atoms. The Labute approximate surface area is 147 Å². The molecule has 0 amide bonds. The van der Waals surface area contributed by atoms with E-state index >= 15 is 0 Å². The molecular weight excluding hydrogens is 417 g/mol. The van der Waals surface area contributed by atoms with E-state index in [1.165, 1.54) is 0 Å². The van der Waals surface area contributed by atoms with Crippen molar-refractivity contribution >= 4 is 43.5 Å². The third-order valence-corrected chi connectivity index (χ3v) is 4.47. The van der Waals surface area contributed by atoms with Crippen LogP contribution in [0.3, 0.4) is 0 Å². The Balaban J connectivity index is 2.32. The second kappa shape index (κ2) is 7.63. The molecule has 0 spiro atoms. The Bertz CT molecular complexity index is 613. The molecule has 1 atom stereocenters. The molecule has 0 bridgehead atoms. The van der Waals surface area contributed by atoms with Crippen molar-refractivity contribution in [3.63, 3.8) is 0 Å². The molecule has 0 heterocycles. The lowest BCUT2D eigenvalue weighted by Gasteiger charge is -2.19. The Morgan fingerprint density at radius 1 is 1.14 bits per heavy atom. The summed E-state index contributed by atoms with van der Waals surface area (Å²) >= 11 is 13.2. The van der Waals surface area contributed by atoms with Crippen LogP contribution in [0.1, 0.15) is 17.2 Å². The maximum atomic E-state index is 6.15. The van der Waals surface area contributed by atoms with Crippen LogP contribution in [0.25, 0.3) is 0 Å². The Morgan fingerprint density at radius 3 is 2.52 bits per heavy atom. The first kappa shape index (κ1) is 16.8. The fourth-order valence-corrected chi connectivity index (χ4v) is 3.58. The smallest absolute Gasteiger partial charge is 0.122 e. The van der Waals surface area contributed by atoms with E-state index in [0.29, 0.717) is 0 Å². The fraction of sp³-hybridized carbons (Fsp3) is 0.250. The Kier molecular flexibility index (Phi) is 6.11. The van der Waals surface area contributed by atoms with Crippen molar-refractivity contribution in [1.29, 1.82) is 0 Å². The van der Waals surface area contributed by atoms with Crippen molar-refractivity contribution in [3.8, 4) is 5.75 Å². The van der Waals surface area contributed by atoms with Gasteiger partial charge in [0.25, 0.3) is 0 Å². The molecule has 2 nitrogen and oxygen atoms in total. The highest BCUT2D eigenvalue weighted by Crippen LogP contribution is 2.30. The zero-order valence-electron chi connectivity index (χ0n) is 11.8. The van der Waals surface area contributed by atoms with Crippen LogP contribution in [-0.2, 0) is 6.42 Å². The average Bonchev–Trinajstić information content (AvgIpc) is 2.43. The molecule has 0 aromatic heterocycles. The summed E-state index contributed by atoms with van der Waals surface area (Å²) in [6, 6.07) is 12.1. The predicted octanol–water partition coefficient (Wildman–Crippen LogP) is 5.38. The van der Waals surface area contributed by atoms with Gasteiger partial charge in [-0.05, 0) is 61.0 Å². The molecule has 1 unspecified atom stereocenters. The molecule has 0 aliphatic heterocycles. The summed E-state index contributed by atoms with van der Waals surface area (Å²) in [5.74, 6) is 0.888. The van der Waals surface area contributed by atoms with Crippen LogP contribution < -0.4 is 10.1 Å². The second-order valence-corrected chi connectivity index (χ2v) is 6.97. The van der Waals surface area contributed by atoms with Crippen molar-refractivity contribution in [2.75, 3.05) is 14.2 Å². The summed E-state index contributed by atoms with van der Waals surface area (Å²) in [6.45, 7) is 0. The maximum absolute atomic E-state index is 6.15. The van der Waals surface area contributed by atoms with Crippen LogP contribution >= 0.6 is 43.5 Å². The molecule has 0 saturated carbocycles. The number of nitrogens with one attached hydrogen (secondary N) is 1. The van der Waals surface area contributed by atoms with Gasteiger partial charge < -0.3 is 10.1 Å². The van der Waals surface area contributed by atoms with Crippen LogP contribution in [-0.4, -0.2) is 14.2 Å². The minimum Gasteiger partial charge on any atom is -0.496 e. The van der Waals surface area contributed by atoms with Crippen LogP contribution in [0.5, 0.6) is 5.75 Å². The fourth-order valence-electron chi connectivity index (χ4n) is 2.29. The van der Waals surface area contributed by atoms with Gasteiger partial charge in [-0.3, -0.25) is 0 Å². The number of hydrogen-bond donors (Lipinski definition) is 1. The largest absolute Gasteiger partial charge is 0.496 e. The van der Waals surface area contributed by atoms with Crippen LogP contribution in [0.15, 0.2) is 45.3 Å². The summed E-state index contributed by atoms with van der Waals surface area (Å²) in [5, 5.41) is 4.06. The first-order valence-corrected chi connectivity index (χ1v) is 8.45. The highest BCUT2D eigenvalue weighted by molar-refractivity contribution is 9.10. The first-order valence-electron chi connectivity index (χ1n) is 6.49. The van der Waals surface area contributed by atoms with Crippen molar-refractivity contribution in [2.45, 2.75) is 12.5 Å². The summed E-state index contributed by atoms with van der Waals surface area (Å²) in [4.78, 5) is 0. The van der Waals surface area contributed by atoms with Gasteiger partial charge in [0.15, 0.2) is 0 Å². The normalized spacial score (nSPS) is 12.2. The van der Waals surface area contributed by atoms with Gasteiger partial charge in [0.05, 0.1) is 7.11 Å². The summed E-state index contributed by atoms with van der Waals surface area (Å²) < 4.78 is 7.47. The Morgan fingerprint density at radius 2 is 1.90 bits per heavy atom. The standard InChI is InChI=1S/C16H16Br2ClNO/c1-20-15(10-5-13(18)9-14(19)7-10)8-11-6-12(17)3-4-16(11)21-2/h3-7,9,15,20H,8H2,1-2H3. The van der Waals surface area contributed by atoms with Gasteiger partial charge in [0, 0.05) is 20.0 Å². The Hall–Kier alpha value is -0.550. The molecule has 0 aliphatic rings. The number of likely N-dealkylation sites (N-methyl/N-ethyl adjacent to an activating group) is 1. The minimum atomic E-state index is 0.156.